The van der Waals surface area contributed by atoms with Gasteiger partial charge < -0.3 is 10.1 Å². The van der Waals surface area contributed by atoms with Crippen molar-refractivity contribution < 1.29 is 4.74 Å². The van der Waals surface area contributed by atoms with Crippen molar-refractivity contribution >= 4 is 5.69 Å². The fourth-order valence-electron chi connectivity index (χ4n) is 2.17. The quantitative estimate of drug-likeness (QED) is 0.867. The predicted molar refractivity (Wildman–Crippen MR) is 88.0 cm³/mol. The SMILES string of the molecule is Cc1ccc(C(C)Nc2cccnc2OC(C)C)cc1C. The number of nitrogens with one attached hydrogen (secondary N) is 1. The third kappa shape index (κ3) is 3.97. The van der Waals surface area contributed by atoms with Gasteiger partial charge in [0.1, 0.15) is 0 Å². The Morgan fingerprint density at radius 2 is 1.81 bits per heavy atom. The summed E-state index contributed by atoms with van der Waals surface area (Å²) >= 11 is 0. The molecule has 1 heterocycles. The molecule has 0 aliphatic rings. The summed E-state index contributed by atoms with van der Waals surface area (Å²) in [6.45, 7) is 10.4. The van der Waals surface area contributed by atoms with E-state index in [9.17, 15) is 0 Å². The highest BCUT2D eigenvalue weighted by Gasteiger charge is 2.11. The standard InChI is InChI=1S/C18H24N2O/c1-12(2)21-18-17(7-6-10-19-18)20-15(5)16-9-8-13(3)14(4)11-16/h6-12,15,20H,1-5H3. The van der Waals surface area contributed by atoms with Gasteiger partial charge in [0.2, 0.25) is 5.88 Å². The molecule has 0 spiro atoms. The molecule has 2 aromatic rings. The van der Waals surface area contributed by atoms with Crippen LogP contribution >= 0.6 is 0 Å². The first-order chi connectivity index (χ1) is 9.97. The number of benzene rings is 1. The van der Waals surface area contributed by atoms with E-state index in [2.05, 4.69) is 49.3 Å². The van der Waals surface area contributed by atoms with Crippen LogP contribution in [0, 0.1) is 13.8 Å². The summed E-state index contributed by atoms with van der Waals surface area (Å²) < 4.78 is 5.75. The molecule has 3 nitrogen and oxygen atoms in total. The van der Waals surface area contributed by atoms with Crippen molar-refractivity contribution in [1.29, 1.82) is 0 Å². The smallest absolute Gasteiger partial charge is 0.237 e. The van der Waals surface area contributed by atoms with Gasteiger partial charge in [-0.15, -0.1) is 0 Å². The van der Waals surface area contributed by atoms with Crippen LogP contribution in [0.2, 0.25) is 0 Å². The lowest BCUT2D eigenvalue weighted by Crippen LogP contribution is -2.12. The number of ether oxygens (including phenoxy) is 1. The summed E-state index contributed by atoms with van der Waals surface area (Å²) in [5.41, 5.74) is 4.82. The van der Waals surface area contributed by atoms with E-state index < -0.39 is 0 Å². The Balaban J connectivity index is 2.19. The Hall–Kier alpha value is -2.03. The maximum Gasteiger partial charge on any atom is 0.237 e. The van der Waals surface area contributed by atoms with E-state index in [-0.39, 0.29) is 12.1 Å². The Morgan fingerprint density at radius 3 is 2.48 bits per heavy atom. The summed E-state index contributed by atoms with van der Waals surface area (Å²) in [7, 11) is 0. The second kappa shape index (κ2) is 6.61. The Kier molecular flexibility index (Phi) is 4.84. The van der Waals surface area contributed by atoms with Crippen molar-refractivity contribution in [1.82, 2.24) is 4.98 Å². The second-order valence-electron chi connectivity index (χ2n) is 5.73. The van der Waals surface area contributed by atoms with Gasteiger partial charge in [0.15, 0.2) is 0 Å². The maximum atomic E-state index is 5.75. The molecule has 112 valence electrons. The van der Waals surface area contributed by atoms with Crippen LogP contribution in [0.3, 0.4) is 0 Å². The van der Waals surface area contributed by atoms with Crippen molar-refractivity contribution in [2.75, 3.05) is 5.32 Å². The first kappa shape index (κ1) is 15.4. The molecule has 0 bridgehead atoms. The molecule has 1 aromatic carbocycles. The molecule has 0 amide bonds. The zero-order valence-electron chi connectivity index (χ0n) is 13.5. The van der Waals surface area contributed by atoms with Gasteiger partial charge in [0, 0.05) is 12.2 Å². The van der Waals surface area contributed by atoms with Gasteiger partial charge in [-0.3, -0.25) is 0 Å². The summed E-state index contributed by atoms with van der Waals surface area (Å²) in [4.78, 5) is 4.31. The molecule has 1 atom stereocenters. The fourth-order valence-corrected chi connectivity index (χ4v) is 2.17. The van der Waals surface area contributed by atoms with E-state index >= 15 is 0 Å². The van der Waals surface area contributed by atoms with Crippen molar-refractivity contribution in [3.63, 3.8) is 0 Å². The van der Waals surface area contributed by atoms with Crippen LogP contribution in [0.1, 0.15) is 43.5 Å². The van der Waals surface area contributed by atoms with Crippen LogP contribution in [-0.4, -0.2) is 11.1 Å². The summed E-state index contributed by atoms with van der Waals surface area (Å²) in [5.74, 6) is 0.656. The molecular formula is C18H24N2O. The van der Waals surface area contributed by atoms with Crippen LogP contribution < -0.4 is 10.1 Å². The van der Waals surface area contributed by atoms with E-state index in [0.29, 0.717) is 5.88 Å². The topological polar surface area (TPSA) is 34.2 Å². The van der Waals surface area contributed by atoms with Gasteiger partial charge in [0.25, 0.3) is 0 Å². The minimum Gasteiger partial charge on any atom is -0.473 e. The summed E-state index contributed by atoms with van der Waals surface area (Å²) in [5, 5.41) is 3.49. The van der Waals surface area contributed by atoms with Crippen molar-refractivity contribution in [3.8, 4) is 5.88 Å². The van der Waals surface area contributed by atoms with Crippen LogP contribution in [0.15, 0.2) is 36.5 Å². The zero-order valence-corrected chi connectivity index (χ0v) is 13.5. The molecule has 0 aliphatic heterocycles. The van der Waals surface area contributed by atoms with Gasteiger partial charge in [-0.2, -0.15) is 0 Å². The van der Waals surface area contributed by atoms with Gasteiger partial charge in [-0.1, -0.05) is 18.2 Å². The summed E-state index contributed by atoms with van der Waals surface area (Å²) in [6.07, 6.45) is 1.86. The third-order valence-corrected chi connectivity index (χ3v) is 3.52. The number of aromatic nitrogens is 1. The van der Waals surface area contributed by atoms with Crippen LogP contribution in [0.5, 0.6) is 5.88 Å². The highest BCUT2D eigenvalue weighted by molar-refractivity contribution is 5.53. The minimum atomic E-state index is 0.109. The number of hydrogen-bond donors (Lipinski definition) is 1. The van der Waals surface area contributed by atoms with E-state index in [1.165, 1.54) is 16.7 Å². The Morgan fingerprint density at radius 1 is 1.05 bits per heavy atom. The van der Waals surface area contributed by atoms with Crippen molar-refractivity contribution in [3.05, 3.63) is 53.2 Å². The number of pyridine rings is 1. The third-order valence-electron chi connectivity index (χ3n) is 3.52. The first-order valence-corrected chi connectivity index (χ1v) is 7.42. The molecule has 21 heavy (non-hydrogen) atoms. The molecule has 1 aromatic heterocycles. The van der Waals surface area contributed by atoms with E-state index in [1.54, 1.807) is 6.20 Å². The van der Waals surface area contributed by atoms with E-state index in [1.807, 2.05) is 26.0 Å². The normalized spacial score (nSPS) is 12.3. The van der Waals surface area contributed by atoms with Crippen LogP contribution in [0.25, 0.3) is 0 Å². The highest BCUT2D eigenvalue weighted by atomic mass is 16.5. The van der Waals surface area contributed by atoms with Gasteiger partial charge >= 0.3 is 0 Å². The lowest BCUT2D eigenvalue weighted by atomic mass is 10.0. The lowest BCUT2D eigenvalue weighted by molar-refractivity contribution is 0.234. The van der Waals surface area contributed by atoms with E-state index in [0.717, 1.165) is 5.69 Å². The molecule has 3 heteroatoms. The Labute approximate surface area is 127 Å². The monoisotopic (exact) mass is 284 g/mol. The van der Waals surface area contributed by atoms with Crippen LogP contribution in [0.4, 0.5) is 5.69 Å². The average Bonchev–Trinajstić information content (AvgIpc) is 2.43. The number of anilines is 1. The molecule has 0 aliphatic carbocycles. The molecule has 2 rings (SSSR count). The molecule has 0 fully saturated rings. The Bertz CT molecular complexity index is 608. The molecule has 0 radical (unpaired) electrons. The molecule has 1 N–H and O–H groups in total. The highest BCUT2D eigenvalue weighted by Crippen LogP contribution is 2.27. The number of hydrogen-bond acceptors (Lipinski definition) is 3. The predicted octanol–water partition coefficient (Wildman–Crippen LogP) is 4.66. The molecule has 0 saturated carbocycles. The largest absolute Gasteiger partial charge is 0.473 e. The molecule has 1 unspecified atom stereocenters. The van der Waals surface area contributed by atoms with Crippen LogP contribution in [-0.2, 0) is 0 Å². The molecular weight excluding hydrogens is 260 g/mol. The number of aryl methyl sites for hydroxylation is 2. The second-order valence-corrected chi connectivity index (χ2v) is 5.73. The van der Waals surface area contributed by atoms with Crippen molar-refractivity contribution in [2.24, 2.45) is 0 Å². The summed E-state index contributed by atoms with van der Waals surface area (Å²) in [6, 6.07) is 10.7. The zero-order chi connectivity index (χ0) is 15.4. The van der Waals surface area contributed by atoms with Gasteiger partial charge in [0.05, 0.1) is 11.8 Å². The molecule has 0 saturated heterocycles. The minimum absolute atomic E-state index is 0.109. The van der Waals surface area contributed by atoms with E-state index in [4.69, 9.17) is 4.74 Å². The first-order valence-electron chi connectivity index (χ1n) is 7.42. The fraction of sp³-hybridized carbons (Fsp3) is 0.389. The van der Waals surface area contributed by atoms with Gasteiger partial charge in [-0.05, 0) is 63.4 Å². The lowest BCUT2D eigenvalue weighted by Gasteiger charge is -2.19. The average molecular weight is 284 g/mol. The number of nitrogens with zero attached hydrogens (tertiary/aromatic N) is 1. The maximum absolute atomic E-state index is 5.75. The van der Waals surface area contributed by atoms with Crippen molar-refractivity contribution in [2.45, 2.75) is 46.8 Å². The van der Waals surface area contributed by atoms with Gasteiger partial charge in [-0.25, -0.2) is 4.98 Å². The number of rotatable bonds is 5.